The summed E-state index contributed by atoms with van der Waals surface area (Å²) in [5.74, 6) is 0. The molecule has 0 aliphatic heterocycles. The minimum atomic E-state index is -0.428. The van der Waals surface area contributed by atoms with E-state index in [9.17, 15) is 0 Å². The third kappa shape index (κ3) is 3.22. The summed E-state index contributed by atoms with van der Waals surface area (Å²) in [6.45, 7) is 0. The zero-order valence-electron chi connectivity index (χ0n) is 27.1. The Morgan fingerprint density at radius 3 is 1.52 bits per heavy atom. The maximum Gasteiger partial charge on any atom is 0.0725 e. The summed E-state index contributed by atoms with van der Waals surface area (Å²) < 4.78 is 2.69. The first-order chi connectivity index (χ1) is 24.8. The number of fused-ring (bicyclic) bond motifs is 19. The largest absolute Gasteiger partial charge is 0.135 e. The van der Waals surface area contributed by atoms with E-state index in [1.807, 2.05) is 11.3 Å². The summed E-state index contributed by atoms with van der Waals surface area (Å²) >= 11 is 1.91. The van der Waals surface area contributed by atoms with Crippen LogP contribution in [0.2, 0.25) is 0 Å². The third-order valence-electron chi connectivity index (χ3n) is 11.7. The molecule has 2 aliphatic carbocycles. The van der Waals surface area contributed by atoms with E-state index in [-0.39, 0.29) is 0 Å². The molecule has 0 saturated carbocycles. The predicted molar refractivity (Wildman–Crippen MR) is 214 cm³/mol. The predicted octanol–water partition coefficient (Wildman–Crippen LogP) is 13.5. The summed E-state index contributed by atoms with van der Waals surface area (Å²) in [6.07, 6.45) is 0. The van der Waals surface area contributed by atoms with Crippen molar-refractivity contribution < 1.29 is 0 Å². The second-order valence-electron chi connectivity index (χ2n) is 13.9. The van der Waals surface area contributed by atoms with Crippen molar-refractivity contribution in [3.8, 4) is 33.4 Å². The highest BCUT2D eigenvalue weighted by Gasteiger charge is 2.51. The zero-order chi connectivity index (χ0) is 32.6. The SMILES string of the molecule is c1ccc2c(c1)-c1ccc(-c3cccc4c3sc3ccccc34)cc1C21c2ccccc2-c2cc3c4ccccc4c4ccccc4c3cc21. The maximum absolute atomic E-state index is 2.56. The van der Waals surface area contributed by atoms with Crippen molar-refractivity contribution in [2.75, 3.05) is 0 Å². The summed E-state index contributed by atoms with van der Waals surface area (Å²) in [5, 5.41) is 10.6. The highest BCUT2D eigenvalue weighted by atomic mass is 32.1. The molecule has 9 aromatic carbocycles. The smallest absolute Gasteiger partial charge is 0.0725 e. The molecule has 0 saturated heterocycles. The van der Waals surface area contributed by atoms with Gasteiger partial charge < -0.3 is 0 Å². The van der Waals surface area contributed by atoms with E-state index < -0.39 is 5.41 Å². The minimum absolute atomic E-state index is 0.428. The van der Waals surface area contributed by atoms with Crippen LogP contribution in [0.25, 0.3) is 85.9 Å². The van der Waals surface area contributed by atoms with Crippen LogP contribution >= 0.6 is 11.3 Å². The van der Waals surface area contributed by atoms with Crippen molar-refractivity contribution in [1.82, 2.24) is 0 Å². The zero-order valence-corrected chi connectivity index (χ0v) is 27.9. The van der Waals surface area contributed by atoms with E-state index in [0.717, 1.165) is 0 Å². The fourth-order valence-electron chi connectivity index (χ4n) is 9.68. The van der Waals surface area contributed by atoms with Gasteiger partial charge in [-0.25, -0.2) is 0 Å². The topological polar surface area (TPSA) is 0 Å². The Labute approximate surface area is 293 Å². The lowest BCUT2D eigenvalue weighted by Gasteiger charge is -2.31. The first-order valence-corrected chi connectivity index (χ1v) is 18.2. The van der Waals surface area contributed by atoms with Crippen LogP contribution in [0.1, 0.15) is 22.3 Å². The van der Waals surface area contributed by atoms with Gasteiger partial charge in [0.15, 0.2) is 0 Å². The highest BCUT2D eigenvalue weighted by Crippen LogP contribution is 2.64. The molecule has 1 spiro atoms. The van der Waals surface area contributed by atoms with E-state index >= 15 is 0 Å². The van der Waals surface area contributed by atoms with Gasteiger partial charge >= 0.3 is 0 Å². The van der Waals surface area contributed by atoms with E-state index in [4.69, 9.17) is 0 Å². The second-order valence-corrected chi connectivity index (χ2v) is 15.0. The van der Waals surface area contributed by atoms with Crippen molar-refractivity contribution in [2.45, 2.75) is 5.41 Å². The lowest BCUT2D eigenvalue weighted by atomic mass is 9.70. The van der Waals surface area contributed by atoms with Gasteiger partial charge in [-0.2, -0.15) is 0 Å². The standard InChI is InChI=1S/C49H28S/c1-3-14-33-31(12-1)32-13-2-4-15-34(32)41-28-46-42(27-40(33)41)36-17-6-9-22-44(36)49(46)43-21-8-5-16-35(43)37-25-24-29(26-45(37)49)30-19-11-20-39-38-18-7-10-23-47(38)50-48(30)39/h1-28H. The van der Waals surface area contributed by atoms with E-state index in [1.165, 1.54) is 108 Å². The molecule has 1 aromatic heterocycles. The number of thiophene rings is 1. The second kappa shape index (κ2) is 9.57. The molecule has 2 aliphatic rings. The number of hydrogen-bond donors (Lipinski definition) is 0. The molecule has 0 amide bonds. The van der Waals surface area contributed by atoms with Crippen LogP contribution in [0.4, 0.5) is 0 Å². The fraction of sp³-hybridized carbons (Fsp3) is 0.0204. The van der Waals surface area contributed by atoms with Crippen LogP contribution < -0.4 is 0 Å². The molecule has 0 radical (unpaired) electrons. The molecule has 12 rings (SSSR count). The van der Waals surface area contributed by atoms with E-state index in [0.29, 0.717) is 0 Å². The molecule has 0 nitrogen and oxygen atoms in total. The van der Waals surface area contributed by atoms with Crippen molar-refractivity contribution in [3.05, 3.63) is 192 Å². The molecule has 1 unspecified atom stereocenters. The molecule has 1 heteroatoms. The molecule has 0 fully saturated rings. The van der Waals surface area contributed by atoms with E-state index in [2.05, 4.69) is 170 Å². The molecule has 50 heavy (non-hydrogen) atoms. The third-order valence-corrected chi connectivity index (χ3v) is 12.9. The van der Waals surface area contributed by atoms with Gasteiger partial charge in [0.05, 0.1) is 5.41 Å². The van der Waals surface area contributed by atoms with Crippen LogP contribution in [0.15, 0.2) is 170 Å². The van der Waals surface area contributed by atoms with Crippen molar-refractivity contribution in [1.29, 1.82) is 0 Å². The van der Waals surface area contributed by atoms with Crippen molar-refractivity contribution in [2.24, 2.45) is 0 Å². The monoisotopic (exact) mass is 648 g/mol. The Kier molecular flexibility index (Phi) is 5.14. The van der Waals surface area contributed by atoms with Crippen LogP contribution in [0.3, 0.4) is 0 Å². The highest BCUT2D eigenvalue weighted by molar-refractivity contribution is 7.26. The van der Waals surface area contributed by atoms with Gasteiger partial charge in [-0.3, -0.25) is 0 Å². The van der Waals surface area contributed by atoms with Gasteiger partial charge in [0.1, 0.15) is 0 Å². The van der Waals surface area contributed by atoms with Gasteiger partial charge in [-0.1, -0.05) is 146 Å². The average molecular weight is 649 g/mol. The quantitative estimate of drug-likeness (QED) is 0.155. The first kappa shape index (κ1) is 26.9. The van der Waals surface area contributed by atoms with Crippen molar-refractivity contribution >= 4 is 63.8 Å². The molecule has 1 atom stereocenters. The van der Waals surface area contributed by atoms with Gasteiger partial charge in [-0.15, -0.1) is 11.3 Å². The van der Waals surface area contributed by atoms with Crippen LogP contribution in [0.5, 0.6) is 0 Å². The number of benzene rings is 9. The summed E-state index contributed by atoms with van der Waals surface area (Å²) in [7, 11) is 0. The molecule has 0 bridgehead atoms. The normalized spacial score (nSPS) is 15.7. The molecule has 0 N–H and O–H groups in total. The molecule has 230 valence electrons. The lowest BCUT2D eigenvalue weighted by Crippen LogP contribution is -2.25. The van der Waals surface area contributed by atoms with E-state index in [1.54, 1.807) is 0 Å². The van der Waals surface area contributed by atoms with Crippen molar-refractivity contribution in [3.63, 3.8) is 0 Å². The summed E-state index contributed by atoms with van der Waals surface area (Å²) in [5.41, 5.74) is 13.0. The molecular weight excluding hydrogens is 621 g/mol. The maximum atomic E-state index is 2.56. The Balaban J connectivity index is 1.22. The minimum Gasteiger partial charge on any atom is -0.135 e. The first-order valence-electron chi connectivity index (χ1n) is 17.4. The Bertz CT molecular complexity index is 3100. The Morgan fingerprint density at radius 2 is 0.800 bits per heavy atom. The molecule has 10 aromatic rings. The number of hydrogen-bond acceptors (Lipinski definition) is 1. The van der Waals surface area contributed by atoms with Crippen LogP contribution in [-0.2, 0) is 5.41 Å². The van der Waals surface area contributed by atoms with Gasteiger partial charge in [0.25, 0.3) is 0 Å². The molecule has 1 heterocycles. The van der Waals surface area contributed by atoms with Gasteiger partial charge in [0, 0.05) is 20.2 Å². The van der Waals surface area contributed by atoms with Crippen LogP contribution in [-0.4, -0.2) is 0 Å². The number of rotatable bonds is 1. The fourth-order valence-corrected chi connectivity index (χ4v) is 10.9. The summed E-state index contributed by atoms with van der Waals surface area (Å²) in [6, 6.07) is 64.2. The van der Waals surface area contributed by atoms with Crippen LogP contribution in [0, 0.1) is 0 Å². The molecular formula is C49H28S. The van der Waals surface area contributed by atoms with Gasteiger partial charge in [-0.05, 0) is 112 Å². The Hall–Kier alpha value is -6.02. The summed E-state index contributed by atoms with van der Waals surface area (Å²) in [4.78, 5) is 0. The average Bonchev–Trinajstić information content (AvgIpc) is 3.81. The Morgan fingerprint density at radius 1 is 0.300 bits per heavy atom. The lowest BCUT2D eigenvalue weighted by molar-refractivity contribution is 0.795. The van der Waals surface area contributed by atoms with Gasteiger partial charge in [0.2, 0.25) is 0 Å².